The second kappa shape index (κ2) is 9.89. The first-order chi connectivity index (χ1) is 16.9. The molecule has 1 N–H and O–H groups in total. The number of benzene rings is 3. The summed E-state index contributed by atoms with van der Waals surface area (Å²) in [6.45, 7) is 7.58. The zero-order valence-corrected chi connectivity index (χ0v) is 20.9. The van der Waals surface area contributed by atoms with Gasteiger partial charge in [0, 0.05) is 44.5 Å². The minimum Gasteiger partial charge on any atom is -0.454 e. The van der Waals surface area contributed by atoms with Gasteiger partial charge in [-0.2, -0.15) is 0 Å². The van der Waals surface area contributed by atoms with E-state index < -0.39 is 10.0 Å². The predicted molar refractivity (Wildman–Crippen MR) is 137 cm³/mol. The van der Waals surface area contributed by atoms with Gasteiger partial charge in [0.25, 0.3) is 0 Å². The summed E-state index contributed by atoms with van der Waals surface area (Å²) in [5.41, 5.74) is 3.87. The van der Waals surface area contributed by atoms with Crippen molar-refractivity contribution in [2.75, 3.05) is 44.4 Å². The van der Waals surface area contributed by atoms with Crippen LogP contribution in [-0.4, -0.2) is 52.8 Å². The number of aryl methyl sites for hydroxylation is 2. The highest BCUT2D eigenvalue weighted by molar-refractivity contribution is 7.89. The zero-order valence-electron chi connectivity index (χ0n) is 20.1. The zero-order chi connectivity index (χ0) is 24.4. The molecule has 2 aliphatic rings. The lowest BCUT2D eigenvalue weighted by Gasteiger charge is -2.40. The van der Waals surface area contributed by atoms with Crippen molar-refractivity contribution in [1.82, 2.24) is 9.62 Å². The Morgan fingerprint density at radius 1 is 0.886 bits per heavy atom. The first-order valence-corrected chi connectivity index (χ1v) is 13.4. The van der Waals surface area contributed by atoms with Crippen molar-refractivity contribution in [2.45, 2.75) is 24.8 Å². The average Bonchev–Trinajstić information content (AvgIpc) is 3.35. The van der Waals surface area contributed by atoms with Gasteiger partial charge in [-0.25, -0.2) is 13.1 Å². The SMILES string of the molecule is Cc1ccc(C)c(S(=O)(=O)NC[C@@H](c2ccc3c(c2)OCO3)N2CCN(c3ccccc3)CC2)c1. The average molecular weight is 494 g/mol. The van der Waals surface area contributed by atoms with Crippen LogP contribution in [0.4, 0.5) is 5.69 Å². The smallest absolute Gasteiger partial charge is 0.240 e. The minimum absolute atomic E-state index is 0.137. The summed E-state index contributed by atoms with van der Waals surface area (Å²) in [5.74, 6) is 1.42. The predicted octanol–water partition coefficient (Wildman–Crippen LogP) is 3.87. The number of nitrogens with one attached hydrogen (secondary N) is 1. The van der Waals surface area contributed by atoms with Gasteiger partial charge in [0.05, 0.1) is 4.90 Å². The molecule has 0 aliphatic carbocycles. The normalized spacial score (nSPS) is 16.9. The van der Waals surface area contributed by atoms with E-state index >= 15 is 0 Å². The molecule has 1 atom stereocenters. The summed E-state index contributed by atoms with van der Waals surface area (Å²) in [4.78, 5) is 5.05. The summed E-state index contributed by atoms with van der Waals surface area (Å²) >= 11 is 0. The molecule has 0 saturated carbocycles. The summed E-state index contributed by atoms with van der Waals surface area (Å²) < 4.78 is 40.5. The number of anilines is 1. The highest BCUT2D eigenvalue weighted by Gasteiger charge is 2.29. The number of hydrogen-bond acceptors (Lipinski definition) is 6. The van der Waals surface area contributed by atoms with Crippen LogP contribution in [0.3, 0.4) is 0 Å². The molecule has 0 amide bonds. The molecule has 1 fully saturated rings. The van der Waals surface area contributed by atoms with Gasteiger partial charge in [0.15, 0.2) is 11.5 Å². The van der Waals surface area contributed by atoms with E-state index in [0.29, 0.717) is 10.6 Å². The van der Waals surface area contributed by atoms with E-state index in [4.69, 9.17) is 9.47 Å². The topological polar surface area (TPSA) is 71.1 Å². The van der Waals surface area contributed by atoms with Gasteiger partial charge in [-0.05, 0) is 60.9 Å². The molecule has 3 aromatic rings. The van der Waals surface area contributed by atoms with Crippen LogP contribution in [0.5, 0.6) is 11.5 Å². The van der Waals surface area contributed by atoms with Crippen molar-refractivity contribution in [1.29, 1.82) is 0 Å². The van der Waals surface area contributed by atoms with Gasteiger partial charge in [0.2, 0.25) is 16.8 Å². The molecule has 0 unspecified atom stereocenters. The Morgan fingerprint density at radius 3 is 2.40 bits per heavy atom. The molecule has 8 heteroatoms. The van der Waals surface area contributed by atoms with Crippen molar-refractivity contribution >= 4 is 15.7 Å². The van der Waals surface area contributed by atoms with E-state index in [0.717, 1.165) is 48.6 Å². The highest BCUT2D eigenvalue weighted by atomic mass is 32.2. The second-order valence-electron chi connectivity index (χ2n) is 9.11. The molecule has 35 heavy (non-hydrogen) atoms. The first kappa shape index (κ1) is 23.7. The molecule has 3 aromatic carbocycles. The number of piperazine rings is 1. The Balaban J connectivity index is 1.37. The molecular weight excluding hydrogens is 462 g/mol. The van der Waals surface area contributed by atoms with E-state index in [9.17, 15) is 8.42 Å². The molecule has 0 spiro atoms. The molecule has 2 aliphatic heterocycles. The van der Waals surface area contributed by atoms with E-state index in [2.05, 4.69) is 38.8 Å². The third kappa shape index (κ3) is 5.15. The quantitative estimate of drug-likeness (QED) is 0.539. The molecule has 7 nitrogen and oxygen atoms in total. The molecule has 0 bridgehead atoms. The lowest BCUT2D eigenvalue weighted by Crippen LogP contribution is -2.49. The lowest BCUT2D eigenvalue weighted by molar-refractivity contribution is 0.173. The van der Waals surface area contributed by atoms with Crippen molar-refractivity contribution in [3.63, 3.8) is 0 Å². The summed E-state index contributed by atoms with van der Waals surface area (Å²) in [6, 6.07) is 21.6. The Bertz CT molecular complexity index is 1290. The second-order valence-corrected chi connectivity index (χ2v) is 10.8. The standard InChI is InChI=1S/C27H31N3O4S/c1-20-8-9-21(2)27(16-20)35(31,32)28-18-24(22-10-11-25-26(17-22)34-19-33-25)30-14-12-29(13-15-30)23-6-4-3-5-7-23/h3-11,16-17,24,28H,12-15,18-19H2,1-2H3/t24-/m0/s1. The number of para-hydroxylation sites is 1. The van der Waals surface area contributed by atoms with Crippen molar-refractivity contribution < 1.29 is 17.9 Å². The van der Waals surface area contributed by atoms with Crippen molar-refractivity contribution in [3.8, 4) is 11.5 Å². The maximum absolute atomic E-state index is 13.3. The number of rotatable bonds is 7. The maximum Gasteiger partial charge on any atom is 0.240 e. The fourth-order valence-corrected chi connectivity index (χ4v) is 6.14. The number of sulfonamides is 1. The number of fused-ring (bicyclic) bond motifs is 1. The van der Waals surface area contributed by atoms with E-state index in [1.807, 2.05) is 50.2 Å². The van der Waals surface area contributed by atoms with Crippen molar-refractivity contribution in [3.05, 3.63) is 83.4 Å². The van der Waals surface area contributed by atoms with Gasteiger partial charge in [0.1, 0.15) is 0 Å². The van der Waals surface area contributed by atoms with Gasteiger partial charge in [-0.1, -0.05) is 36.4 Å². The maximum atomic E-state index is 13.3. The summed E-state index contributed by atoms with van der Waals surface area (Å²) in [7, 11) is -3.66. The van der Waals surface area contributed by atoms with Crippen LogP contribution >= 0.6 is 0 Å². The Hall–Kier alpha value is -3.07. The van der Waals surface area contributed by atoms with E-state index in [-0.39, 0.29) is 19.4 Å². The van der Waals surface area contributed by atoms with Crippen LogP contribution in [0.2, 0.25) is 0 Å². The molecule has 184 valence electrons. The molecule has 5 rings (SSSR count). The minimum atomic E-state index is -3.66. The molecule has 2 heterocycles. The third-order valence-electron chi connectivity index (χ3n) is 6.76. The summed E-state index contributed by atoms with van der Waals surface area (Å²) in [6.07, 6.45) is 0. The highest BCUT2D eigenvalue weighted by Crippen LogP contribution is 2.36. The number of ether oxygens (including phenoxy) is 2. The largest absolute Gasteiger partial charge is 0.454 e. The van der Waals surface area contributed by atoms with Gasteiger partial charge in [-0.3, -0.25) is 4.90 Å². The molecule has 0 aromatic heterocycles. The Labute approximate surface area is 207 Å². The monoisotopic (exact) mass is 493 g/mol. The fourth-order valence-electron chi connectivity index (χ4n) is 4.77. The lowest BCUT2D eigenvalue weighted by atomic mass is 10.0. The van der Waals surface area contributed by atoms with E-state index in [1.165, 1.54) is 5.69 Å². The van der Waals surface area contributed by atoms with Gasteiger partial charge >= 0.3 is 0 Å². The van der Waals surface area contributed by atoms with Crippen LogP contribution in [0, 0.1) is 13.8 Å². The molecule has 1 saturated heterocycles. The molecular formula is C27H31N3O4S. The van der Waals surface area contributed by atoms with Crippen LogP contribution in [0.1, 0.15) is 22.7 Å². The van der Waals surface area contributed by atoms with Gasteiger partial charge < -0.3 is 14.4 Å². The number of hydrogen-bond donors (Lipinski definition) is 1. The third-order valence-corrected chi connectivity index (χ3v) is 8.32. The first-order valence-electron chi connectivity index (χ1n) is 11.9. The number of nitrogens with zero attached hydrogens (tertiary/aromatic N) is 2. The van der Waals surface area contributed by atoms with Crippen LogP contribution < -0.4 is 19.1 Å². The van der Waals surface area contributed by atoms with Crippen LogP contribution in [-0.2, 0) is 10.0 Å². The fraction of sp³-hybridized carbons (Fsp3) is 0.333. The molecule has 0 radical (unpaired) electrons. The Morgan fingerprint density at radius 2 is 1.63 bits per heavy atom. The van der Waals surface area contributed by atoms with Crippen LogP contribution in [0.15, 0.2) is 71.6 Å². The van der Waals surface area contributed by atoms with Crippen molar-refractivity contribution in [2.24, 2.45) is 0 Å². The van der Waals surface area contributed by atoms with Gasteiger partial charge in [-0.15, -0.1) is 0 Å². The van der Waals surface area contributed by atoms with Crippen LogP contribution in [0.25, 0.3) is 0 Å². The van der Waals surface area contributed by atoms with E-state index in [1.54, 1.807) is 6.07 Å². The Kier molecular flexibility index (Phi) is 6.69. The summed E-state index contributed by atoms with van der Waals surface area (Å²) in [5, 5.41) is 0.